The Morgan fingerprint density at radius 2 is 1.75 bits per heavy atom. The van der Waals surface area contributed by atoms with Gasteiger partial charge in [0.1, 0.15) is 12.1 Å². The lowest BCUT2D eigenvalue weighted by atomic mass is 9.97. The molecule has 7 N–H and O–H groups in total. The summed E-state index contributed by atoms with van der Waals surface area (Å²) in [6.45, 7) is 3.75. The van der Waals surface area contributed by atoms with Gasteiger partial charge in [0.2, 0.25) is 29.2 Å². The number of hydrogen-bond acceptors (Lipinski definition) is 12. The van der Waals surface area contributed by atoms with Crippen molar-refractivity contribution in [1.29, 1.82) is 0 Å². The second kappa shape index (κ2) is 18.2. The smallest absolute Gasteiger partial charge is 0.337 e. The van der Waals surface area contributed by atoms with Crippen molar-refractivity contribution in [2.75, 3.05) is 14.2 Å². The summed E-state index contributed by atoms with van der Waals surface area (Å²) in [5.41, 5.74) is 6.38. The Hall–Kier alpha value is -5.45. The molecule has 0 radical (unpaired) electrons. The number of aliphatic hydroxyl groups excluding tert-OH is 1. The highest BCUT2D eigenvalue weighted by molar-refractivity contribution is 5.93. The molecule has 0 unspecified atom stereocenters. The minimum atomic E-state index is -2.05. The predicted molar refractivity (Wildman–Crippen MR) is 189 cm³/mol. The number of nitrogens with two attached hydrogens (primary N) is 1. The number of nitrogens with one attached hydrogen (secondary N) is 3. The minimum absolute atomic E-state index is 0. The zero-order valence-corrected chi connectivity index (χ0v) is 29.7. The number of benzene rings is 3. The van der Waals surface area contributed by atoms with Crippen molar-refractivity contribution in [3.05, 3.63) is 87.5 Å². The highest BCUT2D eigenvalue weighted by atomic mass is 35.5. The molecule has 4 bridgehead atoms. The average Bonchev–Trinajstić information content (AvgIpc) is 3.09. The van der Waals surface area contributed by atoms with E-state index >= 15 is 0 Å². The van der Waals surface area contributed by atoms with Crippen molar-refractivity contribution >= 4 is 41.8 Å². The highest BCUT2D eigenvalue weighted by Crippen LogP contribution is 2.44. The Morgan fingerprint density at radius 1 is 1.06 bits per heavy atom. The SMILES string of the molecule is COC(=O)[C@@H](O)[C@@H]1NC(=O)[C@H](Cc2ccccc2)NC(=O)[C@H](NC(=O)[C@H](N)CC(C)C)Cc2ccc(c([N+](=O)[O-])c2)Oc2cc1cc(O)c2OC.Cl. The van der Waals surface area contributed by atoms with E-state index in [0.29, 0.717) is 12.0 Å². The van der Waals surface area contributed by atoms with Gasteiger partial charge in [-0.25, -0.2) is 4.79 Å². The van der Waals surface area contributed by atoms with E-state index < -0.39 is 70.3 Å². The maximum atomic E-state index is 14.1. The normalized spacial score (nSPS) is 18.5. The fourth-order valence-corrected chi connectivity index (χ4v) is 5.63. The molecule has 0 fully saturated rings. The van der Waals surface area contributed by atoms with Gasteiger partial charge in [-0.2, -0.15) is 0 Å². The molecule has 16 nitrogen and oxygen atoms in total. The van der Waals surface area contributed by atoms with Crippen molar-refractivity contribution in [2.45, 2.75) is 63.4 Å². The highest BCUT2D eigenvalue weighted by Gasteiger charge is 2.36. The molecule has 0 saturated carbocycles. The first-order valence-electron chi connectivity index (χ1n) is 16.0. The summed E-state index contributed by atoms with van der Waals surface area (Å²) in [7, 11) is 2.23. The number of carbonyl (C=O) groups excluding carboxylic acids is 4. The molecule has 2 aliphatic heterocycles. The minimum Gasteiger partial charge on any atom is -0.504 e. The molecule has 0 spiro atoms. The third kappa shape index (κ3) is 10.1. The number of phenols is 1. The predicted octanol–water partition coefficient (Wildman–Crippen LogP) is 2.36. The molecule has 5 rings (SSSR count). The Labute approximate surface area is 305 Å². The fraction of sp³-hybridized carbons (Fsp3) is 0.371. The van der Waals surface area contributed by atoms with Gasteiger partial charge in [0.05, 0.1) is 31.2 Å². The van der Waals surface area contributed by atoms with Crippen molar-refractivity contribution < 1.29 is 48.5 Å². The lowest BCUT2D eigenvalue weighted by Crippen LogP contribution is -2.57. The third-order valence-corrected chi connectivity index (χ3v) is 8.17. The number of nitro benzene ring substituents is 1. The van der Waals surface area contributed by atoms with Gasteiger partial charge in [-0.1, -0.05) is 50.2 Å². The number of methoxy groups -OCH3 is 2. The van der Waals surface area contributed by atoms with E-state index in [1.54, 1.807) is 30.3 Å². The molecule has 0 aromatic heterocycles. The summed E-state index contributed by atoms with van der Waals surface area (Å²) in [6.07, 6.45) is -2.07. The number of hydrogen-bond donors (Lipinski definition) is 6. The van der Waals surface area contributed by atoms with Crippen molar-refractivity contribution in [3.8, 4) is 23.0 Å². The summed E-state index contributed by atoms with van der Waals surface area (Å²) in [5.74, 6) is -4.77. The van der Waals surface area contributed by atoms with Crippen LogP contribution in [-0.4, -0.2) is 77.3 Å². The Bertz CT molecular complexity index is 1780. The monoisotopic (exact) mass is 743 g/mol. The number of aliphatic hydroxyl groups is 1. The van der Waals surface area contributed by atoms with E-state index in [-0.39, 0.29) is 59.5 Å². The van der Waals surface area contributed by atoms with Crippen LogP contribution in [0, 0.1) is 16.0 Å². The lowest BCUT2D eigenvalue weighted by molar-refractivity contribution is -0.385. The zero-order chi connectivity index (χ0) is 37.4. The first-order valence-corrected chi connectivity index (χ1v) is 16.0. The van der Waals surface area contributed by atoms with Crippen LogP contribution in [0.25, 0.3) is 0 Å². The number of amides is 3. The first kappa shape index (κ1) is 41.0. The standard InChI is InChI=1S/C35H41N5O11.ClH/c1-18(2)12-22(36)32(43)37-24-14-20-10-11-27(25(15-20)40(47)48)51-28-17-21(16-26(41)31(28)49-3)29(30(42)35(46)50-4)39-34(45)23(38-33(24)44)13-19-8-6-5-7-9-19;/h5-11,15-18,22-24,29-30,41-42H,12-14,36H2,1-4H3,(H,37,43)(H,38,44)(H,39,45);1H/t22-,23+,24-,29-,30+;/m1./s1. The molecular formula is C35H42ClN5O11. The Morgan fingerprint density at radius 3 is 2.37 bits per heavy atom. The van der Waals surface area contributed by atoms with Crippen LogP contribution in [0.2, 0.25) is 0 Å². The summed E-state index contributed by atoms with van der Waals surface area (Å²) in [4.78, 5) is 65.4. The van der Waals surface area contributed by atoms with Gasteiger partial charge in [0.25, 0.3) is 0 Å². The van der Waals surface area contributed by atoms with Gasteiger partial charge in [0.15, 0.2) is 17.6 Å². The van der Waals surface area contributed by atoms with Crippen LogP contribution in [0.1, 0.15) is 43.0 Å². The molecule has 2 aliphatic rings. The third-order valence-electron chi connectivity index (χ3n) is 8.17. The molecule has 3 amide bonds. The second-order valence-electron chi connectivity index (χ2n) is 12.4. The van der Waals surface area contributed by atoms with Gasteiger partial charge in [-0.05, 0) is 47.2 Å². The topological polar surface area (TPSA) is 242 Å². The Balaban J connectivity index is 0.00000729. The van der Waals surface area contributed by atoms with Gasteiger partial charge in [-0.15, -0.1) is 12.4 Å². The summed E-state index contributed by atoms with van der Waals surface area (Å²) in [6, 6.07) is 9.53. The van der Waals surface area contributed by atoms with E-state index in [1.807, 2.05) is 13.8 Å². The quantitative estimate of drug-likeness (QED) is 0.0996. The van der Waals surface area contributed by atoms with Gasteiger partial charge >= 0.3 is 11.7 Å². The van der Waals surface area contributed by atoms with E-state index in [2.05, 4.69) is 16.0 Å². The number of nitro groups is 1. The number of ether oxygens (including phenoxy) is 3. The lowest BCUT2D eigenvalue weighted by Gasteiger charge is -2.28. The van der Waals surface area contributed by atoms with Gasteiger partial charge < -0.3 is 46.1 Å². The maximum Gasteiger partial charge on any atom is 0.337 e. The molecule has 0 saturated heterocycles. The molecule has 280 valence electrons. The second-order valence-corrected chi connectivity index (χ2v) is 12.4. The molecule has 3 aromatic rings. The number of aromatic hydroxyl groups is 1. The zero-order valence-electron chi connectivity index (χ0n) is 28.9. The van der Waals surface area contributed by atoms with Gasteiger partial charge in [0, 0.05) is 18.9 Å². The molecule has 5 atom stereocenters. The number of phenolic OH excluding ortho intramolecular Hbond substituents is 1. The van der Waals surface area contributed by atoms with Crippen LogP contribution in [0.4, 0.5) is 5.69 Å². The Kier molecular flexibility index (Phi) is 14.3. The van der Waals surface area contributed by atoms with Crippen LogP contribution >= 0.6 is 12.4 Å². The number of esters is 1. The summed E-state index contributed by atoms with van der Waals surface area (Å²) in [5, 5.41) is 42.1. The number of rotatable bonds is 10. The average molecular weight is 744 g/mol. The van der Waals surface area contributed by atoms with Gasteiger partial charge in [-0.3, -0.25) is 24.5 Å². The molecule has 0 aliphatic carbocycles. The van der Waals surface area contributed by atoms with Crippen LogP contribution in [0.5, 0.6) is 23.0 Å². The number of fused-ring (bicyclic) bond motifs is 9. The molecule has 2 heterocycles. The van der Waals surface area contributed by atoms with Crippen LogP contribution in [0.15, 0.2) is 60.7 Å². The van der Waals surface area contributed by atoms with E-state index in [1.165, 1.54) is 25.3 Å². The number of nitrogens with zero attached hydrogens (tertiary/aromatic N) is 1. The maximum absolute atomic E-state index is 14.1. The number of carbonyl (C=O) groups is 4. The molecular weight excluding hydrogens is 702 g/mol. The van der Waals surface area contributed by atoms with Crippen molar-refractivity contribution in [3.63, 3.8) is 0 Å². The molecule has 52 heavy (non-hydrogen) atoms. The van der Waals surface area contributed by atoms with E-state index in [9.17, 15) is 39.5 Å². The van der Waals surface area contributed by atoms with E-state index in [0.717, 1.165) is 19.2 Å². The number of halogens is 1. The van der Waals surface area contributed by atoms with Crippen LogP contribution < -0.4 is 31.2 Å². The molecule has 17 heteroatoms. The van der Waals surface area contributed by atoms with Crippen LogP contribution in [-0.2, 0) is 36.8 Å². The van der Waals surface area contributed by atoms with Crippen molar-refractivity contribution in [1.82, 2.24) is 16.0 Å². The van der Waals surface area contributed by atoms with E-state index in [4.69, 9.17) is 19.9 Å². The van der Waals surface area contributed by atoms with Crippen molar-refractivity contribution in [2.24, 2.45) is 11.7 Å². The molecule has 3 aromatic carbocycles. The fourth-order valence-electron chi connectivity index (χ4n) is 5.63. The summed E-state index contributed by atoms with van der Waals surface area (Å²) >= 11 is 0. The first-order chi connectivity index (χ1) is 24.2. The summed E-state index contributed by atoms with van der Waals surface area (Å²) < 4.78 is 15.9. The largest absolute Gasteiger partial charge is 0.504 e. The van der Waals surface area contributed by atoms with Crippen LogP contribution in [0.3, 0.4) is 0 Å².